The number of anilines is 1. The fourth-order valence-corrected chi connectivity index (χ4v) is 3.99. The summed E-state index contributed by atoms with van der Waals surface area (Å²) in [5.41, 5.74) is 5.11. The maximum absolute atomic E-state index is 13.0. The van der Waals surface area contributed by atoms with Gasteiger partial charge >= 0.3 is 0 Å². The van der Waals surface area contributed by atoms with E-state index in [-0.39, 0.29) is 5.91 Å². The summed E-state index contributed by atoms with van der Waals surface area (Å²) in [5, 5.41) is 12.6. The molecule has 9 nitrogen and oxygen atoms in total. The smallest absolute Gasteiger partial charge is 0.258 e. The number of nitrogens with one attached hydrogen (secondary N) is 1. The molecule has 3 heterocycles. The number of fused-ring (bicyclic) bond motifs is 1. The lowest BCUT2D eigenvalue weighted by atomic mass is 10.0. The second-order valence-corrected chi connectivity index (χ2v) is 7.99. The Kier molecular flexibility index (Phi) is 5.97. The van der Waals surface area contributed by atoms with Crippen molar-refractivity contribution in [2.75, 3.05) is 11.9 Å². The summed E-state index contributed by atoms with van der Waals surface area (Å²) in [6.45, 7) is 4.99. The maximum Gasteiger partial charge on any atom is 0.258 e. The molecule has 2 aromatic carbocycles. The average Bonchev–Trinajstić information content (AvgIpc) is 3.51. The van der Waals surface area contributed by atoms with Gasteiger partial charge in [0.05, 0.1) is 35.3 Å². The molecule has 0 saturated heterocycles. The van der Waals surface area contributed by atoms with Gasteiger partial charge in [-0.1, -0.05) is 30.3 Å². The van der Waals surface area contributed by atoms with Crippen molar-refractivity contribution in [2.45, 2.75) is 20.4 Å². The zero-order chi connectivity index (χ0) is 24.4. The second-order valence-electron chi connectivity index (χ2n) is 7.99. The van der Waals surface area contributed by atoms with Crippen LogP contribution in [0.5, 0.6) is 5.75 Å². The Morgan fingerprint density at radius 2 is 1.89 bits per heavy atom. The number of rotatable bonds is 7. The van der Waals surface area contributed by atoms with Gasteiger partial charge in [0.1, 0.15) is 17.8 Å². The minimum Gasteiger partial charge on any atom is -0.492 e. The first-order chi connectivity index (χ1) is 17.1. The largest absolute Gasteiger partial charge is 0.492 e. The van der Waals surface area contributed by atoms with Gasteiger partial charge in [-0.2, -0.15) is 10.2 Å². The van der Waals surface area contributed by atoms with Gasteiger partial charge < -0.3 is 10.1 Å². The van der Waals surface area contributed by atoms with Crippen LogP contribution in [0.2, 0.25) is 0 Å². The summed E-state index contributed by atoms with van der Waals surface area (Å²) < 4.78 is 9.32. The first-order valence-electron chi connectivity index (χ1n) is 11.4. The monoisotopic (exact) mass is 467 g/mol. The number of carbonyl (C=O) groups excluding carboxylic acids is 1. The van der Waals surface area contributed by atoms with Gasteiger partial charge in [0.15, 0.2) is 0 Å². The number of ether oxygens (including phenoxy) is 1. The van der Waals surface area contributed by atoms with E-state index in [1.54, 1.807) is 21.8 Å². The third-order valence-electron chi connectivity index (χ3n) is 5.64. The number of amides is 1. The van der Waals surface area contributed by atoms with Crippen molar-refractivity contribution in [3.63, 3.8) is 0 Å². The summed E-state index contributed by atoms with van der Waals surface area (Å²) in [6, 6.07) is 13.7. The van der Waals surface area contributed by atoms with E-state index < -0.39 is 0 Å². The number of aromatic nitrogens is 6. The molecular formula is C26H25N7O2. The van der Waals surface area contributed by atoms with Crippen molar-refractivity contribution < 1.29 is 9.53 Å². The van der Waals surface area contributed by atoms with Gasteiger partial charge in [0, 0.05) is 48.6 Å². The SMILES string of the molecule is CCOc1cc2ncnc(-c3cn(C)nc3-c3ccccc3)c2cc1NC(=O)c1cnn(CC)c1. The van der Waals surface area contributed by atoms with Crippen LogP contribution in [0.15, 0.2) is 67.4 Å². The number of hydrogen-bond donors (Lipinski definition) is 1. The normalized spacial score (nSPS) is 11.1. The Hall–Kier alpha value is -4.53. The van der Waals surface area contributed by atoms with E-state index in [9.17, 15) is 4.79 Å². The average molecular weight is 468 g/mol. The standard InChI is InChI=1S/C26H25N7O2/c1-4-33-14-18(13-29-33)26(34)30-22-11-19-21(12-23(22)35-5-2)27-16-28-25(19)20-15-32(3)31-24(20)17-9-7-6-8-10-17/h6-16H,4-5H2,1-3H3,(H,30,34). The molecule has 0 atom stereocenters. The van der Waals surface area contributed by atoms with E-state index in [0.717, 1.165) is 27.9 Å². The fraction of sp³-hybridized carbons (Fsp3) is 0.192. The molecular weight excluding hydrogens is 442 g/mol. The molecule has 0 fully saturated rings. The van der Waals surface area contributed by atoms with E-state index in [4.69, 9.17) is 4.74 Å². The van der Waals surface area contributed by atoms with Crippen molar-refractivity contribution in [2.24, 2.45) is 7.05 Å². The minimum atomic E-state index is -0.269. The Morgan fingerprint density at radius 1 is 1.06 bits per heavy atom. The first-order valence-corrected chi connectivity index (χ1v) is 11.4. The molecule has 35 heavy (non-hydrogen) atoms. The highest BCUT2D eigenvalue weighted by Gasteiger charge is 2.19. The molecule has 0 saturated carbocycles. The van der Waals surface area contributed by atoms with Crippen LogP contribution in [0.4, 0.5) is 5.69 Å². The molecule has 9 heteroatoms. The van der Waals surface area contributed by atoms with Crippen LogP contribution in [0, 0.1) is 0 Å². The molecule has 176 valence electrons. The number of benzene rings is 2. The molecule has 0 radical (unpaired) electrons. The van der Waals surface area contributed by atoms with Crippen LogP contribution in [0.25, 0.3) is 33.4 Å². The van der Waals surface area contributed by atoms with Crippen molar-refractivity contribution in [3.05, 3.63) is 72.9 Å². The fourth-order valence-electron chi connectivity index (χ4n) is 3.99. The number of carbonyl (C=O) groups is 1. The minimum absolute atomic E-state index is 0.269. The molecule has 5 aromatic rings. The van der Waals surface area contributed by atoms with E-state index >= 15 is 0 Å². The number of hydrogen-bond acceptors (Lipinski definition) is 6. The molecule has 0 aliphatic rings. The van der Waals surface area contributed by atoms with E-state index in [1.165, 1.54) is 6.33 Å². The highest BCUT2D eigenvalue weighted by atomic mass is 16.5. The summed E-state index contributed by atoms with van der Waals surface area (Å²) in [5.74, 6) is 0.269. The van der Waals surface area contributed by atoms with Gasteiger partial charge in [0.2, 0.25) is 0 Å². The molecule has 1 amide bonds. The lowest BCUT2D eigenvalue weighted by Gasteiger charge is -2.14. The van der Waals surface area contributed by atoms with Crippen molar-refractivity contribution >= 4 is 22.5 Å². The predicted octanol–water partition coefficient (Wildman–Crippen LogP) is 4.56. The summed E-state index contributed by atoms with van der Waals surface area (Å²) in [6.07, 6.45) is 6.74. The lowest BCUT2D eigenvalue weighted by Crippen LogP contribution is -2.12. The summed E-state index contributed by atoms with van der Waals surface area (Å²) in [7, 11) is 1.88. The first kappa shape index (κ1) is 22.3. The maximum atomic E-state index is 13.0. The molecule has 0 unspecified atom stereocenters. The Bertz CT molecular complexity index is 1510. The summed E-state index contributed by atoms with van der Waals surface area (Å²) in [4.78, 5) is 22.1. The van der Waals surface area contributed by atoms with Crippen molar-refractivity contribution in [1.29, 1.82) is 0 Å². The highest BCUT2D eigenvalue weighted by Crippen LogP contribution is 2.37. The second kappa shape index (κ2) is 9.38. The van der Waals surface area contributed by atoms with Gasteiger partial charge in [-0.3, -0.25) is 14.2 Å². The summed E-state index contributed by atoms with van der Waals surface area (Å²) >= 11 is 0. The van der Waals surface area contributed by atoms with Crippen LogP contribution in [-0.4, -0.2) is 42.0 Å². The Morgan fingerprint density at radius 3 is 2.63 bits per heavy atom. The lowest BCUT2D eigenvalue weighted by molar-refractivity contribution is 0.102. The number of aryl methyl sites for hydroxylation is 2. The van der Waals surface area contributed by atoms with Crippen LogP contribution in [0.3, 0.4) is 0 Å². The molecule has 5 rings (SSSR count). The van der Waals surface area contributed by atoms with E-state index in [2.05, 4.69) is 25.5 Å². The highest BCUT2D eigenvalue weighted by molar-refractivity contribution is 6.07. The van der Waals surface area contributed by atoms with Gasteiger partial charge in [0.25, 0.3) is 5.91 Å². The van der Waals surface area contributed by atoms with Gasteiger partial charge in [-0.05, 0) is 19.9 Å². The van der Waals surface area contributed by atoms with Crippen molar-refractivity contribution in [3.8, 4) is 28.3 Å². The number of nitrogens with zero attached hydrogens (tertiary/aromatic N) is 6. The van der Waals surface area contributed by atoms with Crippen LogP contribution in [0.1, 0.15) is 24.2 Å². The third-order valence-corrected chi connectivity index (χ3v) is 5.64. The zero-order valence-corrected chi connectivity index (χ0v) is 19.8. The molecule has 1 N–H and O–H groups in total. The van der Waals surface area contributed by atoms with Crippen LogP contribution < -0.4 is 10.1 Å². The topological polar surface area (TPSA) is 99.8 Å². The van der Waals surface area contributed by atoms with Crippen LogP contribution in [-0.2, 0) is 13.6 Å². The molecule has 3 aromatic heterocycles. The molecule has 0 aliphatic heterocycles. The molecule has 0 aliphatic carbocycles. The van der Waals surface area contributed by atoms with Gasteiger partial charge in [-0.15, -0.1) is 0 Å². The van der Waals surface area contributed by atoms with E-state index in [0.29, 0.717) is 35.7 Å². The zero-order valence-electron chi connectivity index (χ0n) is 19.8. The predicted molar refractivity (Wildman–Crippen MR) is 134 cm³/mol. The van der Waals surface area contributed by atoms with Crippen molar-refractivity contribution in [1.82, 2.24) is 29.5 Å². The van der Waals surface area contributed by atoms with Crippen LogP contribution >= 0.6 is 0 Å². The molecule has 0 spiro atoms. The van der Waals surface area contributed by atoms with E-state index in [1.807, 2.05) is 69.6 Å². The quantitative estimate of drug-likeness (QED) is 0.377. The molecule has 0 bridgehead atoms. The third kappa shape index (κ3) is 4.35. The van der Waals surface area contributed by atoms with Gasteiger partial charge in [-0.25, -0.2) is 9.97 Å². The Balaban J connectivity index is 1.63. The Labute approximate surface area is 202 Å².